The van der Waals surface area contributed by atoms with E-state index in [-0.39, 0.29) is 17.2 Å². The van der Waals surface area contributed by atoms with Gasteiger partial charge in [0.2, 0.25) is 5.91 Å². The largest absolute Gasteiger partial charge is 0.399 e. The summed E-state index contributed by atoms with van der Waals surface area (Å²) >= 11 is 0. The Bertz CT molecular complexity index is 892. The number of nitrogens with two attached hydrogens (primary N) is 2. The van der Waals surface area contributed by atoms with Crippen molar-refractivity contribution in [2.75, 3.05) is 16.8 Å². The van der Waals surface area contributed by atoms with Gasteiger partial charge in [-0.1, -0.05) is 12.1 Å². The molecule has 2 aromatic carbocycles. The number of anilines is 3. The fraction of sp³-hybridized carbons (Fsp3) is 0.167. The lowest BCUT2D eigenvalue weighted by Gasteiger charge is -2.10. The smallest absolute Gasteiger partial charge is 0.221 e. The second-order valence-corrected chi connectivity index (χ2v) is 5.64. The molecule has 2 aromatic rings. The Morgan fingerprint density at radius 2 is 1.73 bits per heavy atom. The molecule has 0 aliphatic rings. The van der Waals surface area contributed by atoms with Gasteiger partial charge in [0.15, 0.2) is 17.6 Å². The number of para-hydroxylation sites is 1. The Labute approximate surface area is 150 Å². The van der Waals surface area contributed by atoms with Crippen LogP contribution < -0.4 is 16.8 Å². The number of Topliss-reactive ketones (excluding diaryl/α,β-unsaturated/α-hetero) is 2. The van der Waals surface area contributed by atoms with Gasteiger partial charge < -0.3 is 16.8 Å². The van der Waals surface area contributed by atoms with E-state index < -0.39 is 17.6 Å². The van der Waals surface area contributed by atoms with Gasteiger partial charge in [-0.15, -0.1) is 0 Å². The monoisotopic (exact) mass is 353 g/mol. The maximum atomic E-state index is 12.7. The first kappa shape index (κ1) is 18.8. The van der Waals surface area contributed by atoms with Crippen molar-refractivity contribution in [3.8, 4) is 0 Å². The fourth-order valence-electron chi connectivity index (χ4n) is 2.23. The third kappa shape index (κ3) is 4.50. The van der Waals surface area contributed by atoms with Gasteiger partial charge >= 0.3 is 0 Å². The van der Waals surface area contributed by atoms with E-state index in [1.165, 1.54) is 26.0 Å². The van der Waals surface area contributed by atoms with Gasteiger partial charge in [-0.25, -0.2) is 0 Å². The molecule has 0 fully saturated rings. The van der Waals surface area contributed by atoms with Crippen LogP contribution in [0, 0.1) is 0 Å². The van der Waals surface area contributed by atoms with Crippen molar-refractivity contribution in [2.45, 2.75) is 19.9 Å². The quantitative estimate of drug-likeness (QED) is 0.317. The van der Waals surface area contributed by atoms with Gasteiger partial charge in [0.05, 0.1) is 5.69 Å². The second-order valence-electron chi connectivity index (χ2n) is 5.64. The molecule has 0 aromatic heterocycles. The zero-order valence-electron chi connectivity index (χ0n) is 14.4. The standard InChI is InChI=1S/C18H19N5O3/c1-10(24)17(18(26)13-9-12(19)7-8-14(13)20)23-22-16-6-4-3-5-15(16)21-11(2)25/h3-9,17H,19-20H2,1-2H3,(H,21,25)/b23-22+. The zero-order valence-corrected chi connectivity index (χ0v) is 14.4. The van der Waals surface area contributed by atoms with E-state index >= 15 is 0 Å². The van der Waals surface area contributed by atoms with Gasteiger partial charge in [0, 0.05) is 23.9 Å². The predicted molar refractivity (Wildman–Crippen MR) is 99.3 cm³/mol. The lowest BCUT2D eigenvalue weighted by atomic mass is 10.00. The average Bonchev–Trinajstić information content (AvgIpc) is 2.57. The van der Waals surface area contributed by atoms with Gasteiger partial charge in [0.1, 0.15) is 5.69 Å². The van der Waals surface area contributed by atoms with Crippen LogP contribution in [-0.4, -0.2) is 23.5 Å². The molecule has 8 nitrogen and oxygen atoms in total. The first-order valence-corrected chi connectivity index (χ1v) is 7.76. The van der Waals surface area contributed by atoms with Crippen molar-refractivity contribution in [2.24, 2.45) is 10.2 Å². The maximum Gasteiger partial charge on any atom is 0.221 e. The lowest BCUT2D eigenvalue weighted by Crippen LogP contribution is -2.27. The number of hydrogen-bond acceptors (Lipinski definition) is 7. The molecule has 0 heterocycles. The summed E-state index contributed by atoms with van der Waals surface area (Å²) in [6, 6.07) is 9.73. The number of rotatable bonds is 6. The molecule has 5 N–H and O–H groups in total. The van der Waals surface area contributed by atoms with Crippen molar-refractivity contribution in [1.29, 1.82) is 0 Å². The van der Waals surface area contributed by atoms with Crippen molar-refractivity contribution in [1.82, 2.24) is 0 Å². The number of carbonyl (C=O) groups is 3. The maximum absolute atomic E-state index is 12.7. The number of carbonyl (C=O) groups excluding carboxylic acids is 3. The van der Waals surface area contributed by atoms with Gasteiger partial charge in [-0.05, 0) is 37.3 Å². The van der Waals surface area contributed by atoms with Gasteiger partial charge in [-0.3, -0.25) is 14.4 Å². The number of benzene rings is 2. The molecule has 2 rings (SSSR count). The fourth-order valence-corrected chi connectivity index (χ4v) is 2.23. The molecule has 26 heavy (non-hydrogen) atoms. The molecule has 0 saturated carbocycles. The van der Waals surface area contributed by atoms with Crippen LogP contribution in [-0.2, 0) is 9.59 Å². The average molecular weight is 353 g/mol. The van der Waals surface area contributed by atoms with Gasteiger partial charge in [-0.2, -0.15) is 10.2 Å². The first-order valence-electron chi connectivity index (χ1n) is 7.76. The molecule has 0 aliphatic carbocycles. The van der Waals surface area contributed by atoms with Gasteiger partial charge in [0.25, 0.3) is 0 Å². The molecule has 0 radical (unpaired) electrons. The predicted octanol–water partition coefficient (Wildman–Crippen LogP) is 2.73. The SMILES string of the molecule is CC(=O)Nc1ccccc1/N=N/C(C(C)=O)C(=O)c1cc(N)ccc1N. The summed E-state index contributed by atoms with van der Waals surface area (Å²) in [5, 5.41) is 10.5. The number of hydrogen-bond donors (Lipinski definition) is 3. The Morgan fingerprint density at radius 1 is 1.04 bits per heavy atom. The molecule has 0 saturated heterocycles. The van der Waals surface area contributed by atoms with Crippen molar-refractivity contribution in [3.05, 3.63) is 48.0 Å². The van der Waals surface area contributed by atoms with Crippen molar-refractivity contribution in [3.63, 3.8) is 0 Å². The van der Waals surface area contributed by atoms with Crippen LogP contribution in [0.4, 0.5) is 22.7 Å². The Morgan fingerprint density at radius 3 is 2.38 bits per heavy atom. The van der Waals surface area contributed by atoms with Crippen LogP contribution in [0.3, 0.4) is 0 Å². The molecule has 1 unspecified atom stereocenters. The van der Waals surface area contributed by atoms with Crippen LogP contribution in [0.5, 0.6) is 0 Å². The van der Waals surface area contributed by atoms with E-state index in [1.54, 1.807) is 30.3 Å². The van der Waals surface area contributed by atoms with Crippen LogP contribution in [0.25, 0.3) is 0 Å². The molecule has 1 amide bonds. The number of azo groups is 1. The highest BCUT2D eigenvalue weighted by Gasteiger charge is 2.26. The normalized spacial score (nSPS) is 11.9. The molecule has 0 aliphatic heterocycles. The molecule has 8 heteroatoms. The summed E-state index contributed by atoms with van der Waals surface area (Å²) in [4.78, 5) is 35.8. The minimum Gasteiger partial charge on any atom is -0.399 e. The lowest BCUT2D eigenvalue weighted by molar-refractivity contribution is -0.117. The van der Waals surface area contributed by atoms with E-state index in [4.69, 9.17) is 11.5 Å². The first-order chi connectivity index (χ1) is 12.3. The Balaban J connectivity index is 2.36. The van der Waals surface area contributed by atoms with Crippen LogP contribution in [0.2, 0.25) is 0 Å². The van der Waals surface area contributed by atoms with Crippen molar-refractivity contribution >= 4 is 40.2 Å². The molecule has 134 valence electrons. The summed E-state index contributed by atoms with van der Waals surface area (Å²) < 4.78 is 0. The van der Waals surface area contributed by atoms with E-state index in [9.17, 15) is 14.4 Å². The molecular weight excluding hydrogens is 334 g/mol. The topological polar surface area (TPSA) is 140 Å². The van der Waals surface area contributed by atoms with E-state index in [0.717, 1.165) is 0 Å². The number of nitrogens with zero attached hydrogens (tertiary/aromatic N) is 2. The summed E-state index contributed by atoms with van der Waals surface area (Å²) in [6.07, 6.45) is 0. The van der Waals surface area contributed by atoms with E-state index in [0.29, 0.717) is 17.1 Å². The highest BCUT2D eigenvalue weighted by Crippen LogP contribution is 2.26. The van der Waals surface area contributed by atoms with E-state index in [2.05, 4.69) is 15.5 Å². The summed E-state index contributed by atoms with van der Waals surface area (Å²) in [5.41, 5.74) is 12.9. The molecule has 1 atom stereocenters. The zero-order chi connectivity index (χ0) is 19.3. The number of nitrogen functional groups attached to an aromatic ring is 2. The third-order valence-electron chi connectivity index (χ3n) is 3.47. The summed E-state index contributed by atoms with van der Waals surface area (Å²) in [7, 11) is 0. The number of nitrogens with one attached hydrogen (secondary N) is 1. The van der Waals surface area contributed by atoms with Crippen LogP contribution in [0.15, 0.2) is 52.7 Å². The van der Waals surface area contributed by atoms with E-state index in [1.807, 2.05) is 0 Å². The Kier molecular flexibility index (Phi) is 5.79. The Hall–Kier alpha value is -3.55. The van der Waals surface area contributed by atoms with Crippen LogP contribution >= 0.6 is 0 Å². The molecular formula is C18H19N5O3. The molecule has 0 bridgehead atoms. The number of amides is 1. The highest BCUT2D eigenvalue weighted by molar-refractivity contribution is 6.16. The second kappa shape index (κ2) is 8.02. The minimum atomic E-state index is -1.36. The summed E-state index contributed by atoms with van der Waals surface area (Å²) in [5.74, 6) is -1.36. The molecule has 0 spiro atoms. The minimum absolute atomic E-state index is 0.110. The summed E-state index contributed by atoms with van der Waals surface area (Å²) in [6.45, 7) is 2.60. The van der Waals surface area contributed by atoms with Crippen molar-refractivity contribution < 1.29 is 14.4 Å². The third-order valence-corrected chi connectivity index (χ3v) is 3.47. The highest BCUT2D eigenvalue weighted by atomic mass is 16.2. The number of ketones is 2. The van der Waals surface area contributed by atoms with Crippen LogP contribution in [0.1, 0.15) is 24.2 Å².